The number of ketones is 2. The number of Topliss-reactive ketones (excluding diaryl/α,β-unsaturated/α-hetero) is 2. The van der Waals surface area contributed by atoms with Crippen molar-refractivity contribution in [2.75, 3.05) is 19.8 Å². The number of epoxide rings is 1. The molecule has 0 aromatic heterocycles. The molecule has 0 aliphatic carbocycles. The minimum Gasteiger partial charge on any atom is -0.371 e. The lowest BCUT2D eigenvalue weighted by Gasteiger charge is -2.41. The van der Waals surface area contributed by atoms with Gasteiger partial charge in [-0.2, -0.15) is 39.5 Å². The van der Waals surface area contributed by atoms with Gasteiger partial charge in [0.25, 0.3) is 11.6 Å². The number of halogens is 9. The number of nitrogens with zero attached hydrogens (tertiary/aromatic N) is 1. The van der Waals surface area contributed by atoms with E-state index in [1.54, 1.807) is 0 Å². The molecule has 4 atom stereocenters. The van der Waals surface area contributed by atoms with Gasteiger partial charge in [-0.15, -0.1) is 0 Å². The Morgan fingerprint density at radius 1 is 1.03 bits per heavy atom. The largest absolute Gasteiger partial charge is 0.471 e. The maximum Gasteiger partial charge on any atom is 0.471 e. The molecule has 1 fully saturated rings. The van der Waals surface area contributed by atoms with Crippen molar-refractivity contribution in [1.29, 1.82) is 0 Å². The molecule has 1 heterocycles. The lowest BCUT2D eigenvalue weighted by molar-refractivity contribution is -0.211. The Labute approximate surface area is 167 Å². The van der Waals surface area contributed by atoms with E-state index in [2.05, 4.69) is 9.47 Å². The third kappa shape index (κ3) is 6.75. The van der Waals surface area contributed by atoms with E-state index in [9.17, 15) is 53.9 Å². The summed E-state index contributed by atoms with van der Waals surface area (Å²) >= 11 is 0. The first-order valence-electron chi connectivity index (χ1n) is 8.13. The van der Waals surface area contributed by atoms with Gasteiger partial charge in [-0.25, -0.2) is 0 Å². The highest BCUT2D eigenvalue weighted by molar-refractivity contribution is 5.94. The van der Waals surface area contributed by atoms with Crippen LogP contribution in [0.4, 0.5) is 39.5 Å². The SMILES string of the molecule is CC(N(CC(N)C(=O)C(F)(F)F)C(=O)C(F)(F)F)C(N)(OCC1CO1)C(=O)C(F)(F)F. The quantitative estimate of drug-likeness (QED) is 0.280. The summed E-state index contributed by atoms with van der Waals surface area (Å²) in [6.07, 6.45) is -18.1. The van der Waals surface area contributed by atoms with Gasteiger partial charge in [0.15, 0.2) is 0 Å². The van der Waals surface area contributed by atoms with Crippen LogP contribution in [0.3, 0.4) is 0 Å². The van der Waals surface area contributed by atoms with E-state index in [0.29, 0.717) is 6.92 Å². The highest BCUT2D eigenvalue weighted by Gasteiger charge is 2.59. The number of carbonyl (C=O) groups is 3. The summed E-state index contributed by atoms with van der Waals surface area (Å²) in [5, 5.41) is 0. The van der Waals surface area contributed by atoms with Gasteiger partial charge in [-0.05, 0) is 6.92 Å². The average molecular weight is 477 g/mol. The molecule has 4 unspecified atom stereocenters. The van der Waals surface area contributed by atoms with Crippen molar-refractivity contribution in [3.63, 3.8) is 0 Å². The molecule has 0 aromatic carbocycles. The highest BCUT2D eigenvalue weighted by atomic mass is 19.4. The third-order valence-electron chi connectivity index (χ3n) is 4.12. The lowest BCUT2D eigenvalue weighted by atomic mass is 9.97. The minimum absolute atomic E-state index is 0.0408. The van der Waals surface area contributed by atoms with Gasteiger partial charge in [0.2, 0.25) is 5.72 Å². The summed E-state index contributed by atoms with van der Waals surface area (Å²) in [4.78, 5) is 34.0. The standard InChI is InChI=1S/C14H16F9N3O5/c1-5(11(25,9(28)13(18,19)20)31-4-6-3-30-6)26(10(29)14(21,22)23)2-7(24)8(27)12(15,16)17/h5-7H,2-4,24-25H2,1H3. The predicted octanol–water partition coefficient (Wildman–Crippen LogP) is 0.426. The zero-order chi connectivity index (χ0) is 24.6. The van der Waals surface area contributed by atoms with Crippen molar-refractivity contribution in [2.45, 2.75) is 49.4 Å². The summed E-state index contributed by atoms with van der Waals surface area (Å²) in [6, 6.07) is -5.49. The smallest absolute Gasteiger partial charge is 0.371 e. The molecule has 1 amide bonds. The Balaban J connectivity index is 3.37. The molecule has 1 rings (SSSR count). The fourth-order valence-corrected chi connectivity index (χ4v) is 2.31. The molecular formula is C14H16F9N3O5. The molecule has 0 saturated carbocycles. The summed E-state index contributed by atoms with van der Waals surface area (Å²) in [5.41, 5.74) is 6.54. The Morgan fingerprint density at radius 2 is 1.52 bits per heavy atom. The van der Waals surface area contributed by atoms with Crippen LogP contribution in [0.1, 0.15) is 6.92 Å². The number of amides is 1. The van der Waals surface area contributed by atoms with Crippen LogP contribution in [0.2, 0.25) is 0 Å². The van der Waals surface area contributed by atoms with Crippen LogP contribution in [0, 0.1) is 0 Å². The van der Waals surface area contributed by atoms with E-state index in [4.69, 9.17) is 11.5 Å². The maximum absolute atomic E-state index is 13.0. The zero-order valence-electron chi connectivity index (χ0n) is 15.4. The van der Waals surface area contributed by atoms with Gasteiger partial charge in [-0.3, -0.25) is 20.1 Å². The van der Waals surface area contributed by atoms with Crippen molar-refractivity contribution in [2.24, 2.45) is 11.5 Å². The molecule has 180 valence electrons. The Kier molecular flexibility index (Phi) is 7.74. The summed E-state index contributed by atoms with van der Waals surface area (Å²) in [7, 11) is 0. The Bertz CT molecular complexity index is 705. The molecule has 31 heavy (non-hydrogen) atoms. The number of nitrogens with two attached hydrogens (primary N) is 2. The zero-order valence-corrected chi connectivity index (χ0v) is 15.4. The van der Waals surface area contributed by atoms with E-state index in [1.807, 2.05) is 0 Å². The van der Waals surface area contributed by atoms with Crippen LogP contribution in [0.15, 0.2) is 0 Å². The van der Waals surface area contributed by atoms with Crippen molar-refractivity contribution >= 4 is 17.5 Å². The molecule has 1 aliphatic heterocycles. The third-order valence-corrected chi connectivity index (χ3v) is 4.12. The predicted molar refractivity (Wildman–Crippen MR) is 79.9 cm³/mol. The van der Waals surface area contributed by atoms with Gasteiger partial charge in [0.05, 0.1) is 25.3 Å². The normalized spacial score (nSPS) is 21.1. The summed E-state index contributed by atoms with van der Waals surface area (Å²) < 4.78 is 125. The van der Waals surface area contributed by atoms with E-state index in [-0.39, 0.29) is 6.61 Å². The van der Waals surface area contributed by atoms with Crippen molar-refractivity contribution in [3.8, 4) is 0 Å². The fraction of sp³-hybridized carbons (Fsp3) is 0.786. The topological polar surface area (TPSA) is 128 Å². The number of ether oxygens (including phenoxy) is 2. The lowest BCUT2D eigenvalue weighted by Crippen LogP contribution is -2.70. The second kappa shape index (κ2) is 8.87. The molecule has 8 nitrogen and oxygen atoms in total. The minimum atomic E-state index is -5.84. The van der Waals surface area contributed by atoms with E-state index in [0.717, 1.165) is 0 Å². The average Bonchev–Trinajstić information content (AvgIpc) is 3.43. The van der Waals surface area contributed by atoms with Gasteiger partial charge < -0.3 is 20.1 Å². The van der Waals surface area contributed by atoms with Gasteiger partial charge in [0.1, 0.15) is 6.10 Å². The molecule has 4 N–H and O–H groups in total. The second-order valence-corrected chi connectivity index (χ2v) is 6.49. The van der Waals surface area contributed by atoms with Crippen molar-refractivity contribution < 1.29 is 63.4 Å². The van der Waals surface area contributed by atoms with E-state index < -0.39 is 78.0 Å². The fourth-order valence-electron chi connectivity index (χ4n) is 2.31. The van der Waals surface area contributed by atoms with Gasteiger partial charge in [0, 0.05) is 6.54 Å². The molecule has 0 radical (unpaired) electrons. The van der Waals surface area contributed by atoms with Crippen LogP contribution in [0.5, 0.6) is 0 Å². The van der Waals surface area contributed by atoms with Crippen LogP contribution >= 0.6 is 0 Å². The van der Waals surface area contributed by atoms with Crippen LogP contribution < -0.4 is 11.5 Å². The Hall–Kier alpha value is -1.98. The highest BCUT2D eigenvalue weighted by Crippen LogP contribution is 2.31. The monoisotopic (exact) mass is 477 g/mol. The van der Waals surface area contributed by atoms with Gasteiger partial charge in [-0.1, -0.05) is 0 Å². The summed E-state index contributed by atoms with van der Waals surface area (Å²) in [6.45, 7) is -2.33. The second-order valence-electron chi connectivity index (χ2n) is 6.49. The summed E-state index contributed by atoms with van der Waals surface area (Å²) in [5.74, 6) is -8.69. The van der Waals surface area contributed by atoms with E-state index in [1.165, 1.54) is 0 Å². The van der Waals surface area contributed by atoms with Crippen LogP contribution in [-0.2, 0) is 23.9 Å². The van der Waals surface area contributed by atoms with Crippen LogP contribution in [-0.4, -0.2) is 84.6 Å². The Morgan fingerprint density at radius 3 is 1.87 bits per heavy atom. The number of alkyl halides is 9. The van der Waals surface area contributed by atoms with Crippen LogP contribution in [0.25, 0.3) is 0 Å². The number of rotatable bonds is 9. The first kappa shape index (κ1) is 27.1. The number of hydrogen-bond acceptors (Lipinski definition) is 7. The molecule has 17 heteroatoms. The van der Waals surface area contributed by atoms with Crippen molar-refractivity contribution in [3.05, 3.63) is 0 Å². The maximum atomic E-state index is 13.0. The molecule has 0 bridgehead atoms. The first-order valence-corrected chi connectivity index (χ1v) is 8.13. The number of carbonyl (C=O) groups excluding carboxylic acids is 3. The molecule has 0 spiro atoms. The number of hydrogen-bond donors (Lipinski definition) is 2. The molecular weight excluding hydrogens is 461 g/mol. The molecule has 1 saturated heterocycles. The van der Waals surface area contributed by atoms with Crippen molar-refractivity contribution in [1.82, 2.24) is 4.90 Å². The van der Waals surface area contributed by atoms with E-state index >= 15 is 0 Å². The first-order chi connectivity index (χ1) is 13.7. The molecule has 1 aliphatic rings. The molecule has 0 aromatic rings. The van der Waals surface area contributed by atoms with Gasteiger partial charge >= 0.3 is 24.4 Å².